The molecule has 0 aliphatic rings. The van der Waals surface area contributed by atoms with Crippen LogP contribution in [0.2, 0.25) is 24.2 Å². The van der Waals surface area contributed by atoms with Gasteiger partial charge in [-0.15, -0.1) is 0 Å². The Morgan fingerprint density at radius 1 is 1.00 bits per heavy atom. The Morgan fingerprint density at radius 2 is 1.47 bits per heavy atom. The van der Waals surface area contributed by atoms with Crippen molar-refractivity contribution in [1.82, 2.24) is 0 Å². The molecular weight excluding hydrogens is 263 g/mol. The largest absolute Gasteiger partial charge is 0.527 e. The fourth-order valence-electron chi connectivity index (χ4n) is 1.23. The lowest BCUT2D eigenvalue weighted by atomic mass is 10.7. The van der Waals surface area contributed by atoms with Gasteiger partial charge in [0.2, 0.25) is 8.96 Å². The summed E-state index contributed by atoms with van der Waals surface area (Å²) in [5.74, 6) is -0.979. The van der Waals surface area contributed by atoms with E-state index in [1.165, 1.54) is 0 Å². The molecule has 17 heavy (non-hydrogen) atoms. The first kappa shape index (κ1) is 16.7. The topological polar surface area (TPSA) is 21.6 Å². The highest BCUT2D eigenvalue weighted by Gasteiger charge is 2.39. The van der Waals surface area contributed by atoms with Gasteiger partial charge in [0.1, 0.15) is 0 Å². The molecule has 100 valence electrons. The van der Waals surface area contributed by atoms with Crippen LogP contribution in [0.1, 0.15) is 27.7 Å². The van der Waals surface area contributed by atoms with Crippen LogP contribution in [0, 0.1) is 0 Å². The molecule has 0 unspecified atom stereocenters. The van der Waals surface area contributed by atoms with E-state index in [-0.39, 0.29) is 0 Å². The maximum atomic E-state index is 12.8. The van der Waals surface area contributed by atoms with E-state index in [0.29, 0.717) is 24.2 Å². The molecule has 7 heteroatoms. The summed E-state index contributed by atoms with van der Waals surface area (Å²) in [5, 5.41) is 0. The maximum absolute atomic E-state index is 12.8. The lowest BCUT2D eigenvalue weighted by molar-refractivity contribution is -0.0710. The summed E-state index contributed by atoms with van der Waals surface area (Å²) in [6.45, 7) is 7.47. The van der Waals surface area contributed by atoms with E-state index in [1.54, 1.807) is 0 Å². The lowest BCUT2D eigenvalue weighted by Gasteiger charge is -2.19. The van der Waals surface area contributed by atoms with Crippen molar-refractivity contribution in [2.24, 2.45) is 4.66 Å². The number of nitrogens with zero attached hydrogens (tertiary/aromatic N) is 1. The van der Waals surface area contributed by atoms with E-state index in [1.807, 2.05) is 27.7 Å². The fraction of sp³-hybridized carbons (Fsp3) is 0.900. The molecule has 0 rings (SSSR count). The van der Waals surface area contributed by atoms with Crippen molar-refractivity contribution in [2.45, 2.75) is 58.0 Å². The standard InChI is InChI=1S/C10H20F3NOSi2/c1-5-16(6-2)14-9(10(11,12)13)15-17(7-3)8-4/h5-8H2,1-4H3/b14-9-. The monoisotopic (exact) mass is 283 g/mol. The normalized spacial score (nSPS) is 13.6. The minimum Gasteiger partial charge on any atom is -0.527 e. The molecule has 0 amide bonds. The highest BCUT2D eigenvalue weighted by atomic mass is 28.3. The van der Waals surface area contributed by atoms with Crippen LogP contribution >= 0.6 is 0 Å². The zero-order chi connectivity index (χ0) is 13.5. The smallest absolute Gasteiger partial charge is 0.465 e. The van der Waals surface area contributed by atoms with Gasteiger partial charge in [-0.05, 0) is 24.2 Å². The molecule has 0 saturated carbocycles. The number of rotatable bonds is 6. The number of alkyl halides is 3. The Balaban J connectivity index is 4.88. The third-order valence-corrected chi connectivity index (χ3v) is 6.56. The fourth-order valence-corrected chi connectivity index (χ4v) is 3.82. The summed E-state index contributed by atoms with van der Waals surface area (Å²) < 4.78 is 47.2. The SMILES string of the molecule is CC[Si](CC)/N=C(\O[Si](CC)CC)C(F)(F)F. The quantitative estimate of drug-likeness (QED) is 0.410. The number of hydrogen-bond acceptors (Lipinski definition) is 2. The third-order valence-electron chi connectivity index (χ3n) is 2.35. The molecule has 0 fully saturated rings. The highest BCUT2D eigenvalue weighted by Crippen LogP contribution is 2.21. The summed E-state index contributed by atoms with van der Waals surface area (Å²) in [6.07, 6.45) is -4.44. The molecule has 0 bridgehead atoms. The Morgan fingerprint density at radius 3 is 1.76 bits per heavy atom. The molecule has 0 aliphatic carbocycles. The Hall–Kier alpha value is -0.306. The van der Waals surface area contributed by atoms with Crippen molar-refractivity contribution in [3.63, 3.8) is 0 Å². The van der Waals surface area contributed by atoms with Crippen LogP contribution in [-0.2, 0) is 4.43 Å². The summed E-state index contributed by atoms with van der Waals surface area (Å²) in [7, 11) is -2.71. The molecule has 2 radical (unpaired) electrons. The van der Waals surface area contributed by atoms with Crippen molar-refractivity contribution in [3.05, 3.63) is 0 Å². The first-order valence-corrected chi connectivity index (χ1v) is 9.60. The zero-order valence-electron chi connectivity index (χ0n) is 10.8. The van der Waals surface area contributed by atoms with Crippen molar-refractivity contribution in [2.75, 3.05) is 0 Å². The van der Waals surface area contributed by atoms with Crippen molar-refractivity contribution in [3.8, 4) is 0 Å². The first-order valence-electron chi connectivity index (χ1n) is 5.92. The molecule has 2 nitrogen and oxygen atoms in total. The molecule has 0 spiro atoms. The molecular formula is C10H20F3NOSi2. The van der Waals surface area contributed by atoms with E-state index in [2.05, 4.69) is 4.66 Å². The second-order valence-electron chi connectivity index (χ2n) is 3.54. The van der Waals surface area contributed by atoms with Crippen LogP contribution in [0.25, 0.3) is 0 Å². The average molecular weight is 283 g/mol. The van der Waals surface area contributed by atoms with Gasteiger partial charge in [0.05, 0.1) is 0 Å². The minimum atomic E-state index is -4.44. The van der Waals surface area contributed by atoms with Gasteiger partial charge < -0.3 is 4.43 Å². The maximum Gasteiger partial charge on any atom is 0.465 e. The Kier molecular flexibility index (Phi) is 7.77. The molecule has 0 N–H and O–H groups in total. The number of halogens is 3. The summed E-state index contributed by atoms with van der Waals surface area (Å²) in [6, 6.07) is 2.72. The second kappa shape index (κ2) is 7.91. The molecule has 0 saturated heterocycles. The summed E-state index contributed by atoms with van der Waals surface area (Å²) >= 11 is 0. The van der Waals surface area contributed by atoms with Crippen LogP contribution in [0.4, 0.5) is 13.2 Å². The highest BCUT2D eigenvalue weighted by molar-refractivity contribution is 6.59. The van der Waals surface area contributed by atoms with Crippen LogP contribution in [0.3, 0.4) is 0 Å². The molecule has 0 aliphatic heterocycles. The molecule has 0 heterocycles. The van der Waals surface area contributed by atoms with E-state index < -0.39 is 30.1 Å². The predicted octanol–water partition coefficient (Wildman–Crippen LogP) is 4.03. The third kappa shape index (κ3) is 6.25. The van der Waals surface area contributed by atoms with E-state index in [4.69, 9.17) is 4.43 Å². The van der Waals surface area contributed by atoms with Gasteiger partial charge in [-0.25, -0.2) is 0 Å². The van der Waals surface area contributed by atoms with Crippen LogP contribution in [0.5, 0.6) is 0 Å². The van der Waals surface area contributed by atoms with Crippen LogP contribution < -0.4 is 0 Å². The van der Waals surface area contributed by atoms with E-state index >= 15 is 0 Å². The van der Waals surface area contributed by atoms with Crippen LogP contribution in [-0.4, -0.2) is 30.1 Å². The van der Waals surface area contributed by atoms with Gasteiger partial charge in [-0.3, -0.25) is 4.66 Å². The van der Waals surface area contributed by atoms with Crippen LogP contribution in [0.15, 0.2) is 4.66 Å². The lowest BCUT2D eigenvalue weighted by Crippen LogP contribution is -2.33. The van der Waals surface area contributed by atoms with E-state index in [9.17, 15) is 13.2 Å². The van der Waals surface area contributed by atoms with Crippen molar-refractivity contribution < 1.29 is 17.6 Å². The van der Waals surface area contributed by atoms with Gasteiger partial charge in [0.25, 0.3) is 14.9 Å². The Bertz CT molecular complexity index is 238. The zero-order valence-corrected chi connectivity index (χ0v) is 12.8. The van der Waals surface area contributed by atoms with Gasteiger partial charge in [0.15, 0.2) is 0 Å². The average Bonchev–Trinajstić information content (AvgIpc) is 2.28. The predicted molar refractivity (Wildman–Crippen MR) is 68.0 cm³/mol. The minimum absolute atomic E-state index is 0.663. The molecule has 0 aromatic carbocycles. The molecule has 0 aromatic rings. The molecule has 0 aromatic heterocycles. The van der Waals surface area contributed by atoms with E-state index in [0.717, 1.165) is 0 Å². The van der Waals surface area contributed by atoms with Crippen molar-refractivity contribution >= 4 is 23.9 Å². The Labute approximate surface area is 105 Å². The first-order chi connectivity index (χ1) is 7.88. The van der Waals surface area contributed by atoms with Gasteiger partial charge in [0, 0.05) is 0 Å². The molecule has 0 atom stereocenters. The number of hydrogen-bond donors (Lipinski definition) is 0. The van der Waals surface area contributed by atoms with Gasteiger partial charge >= 0.3 is 6.18 Å². The van der Waals surface area contributed by atoms with Gasteiger partial charge in [-0.1, -0.05) is 27.7 Å². The summed E-state index contributed by atoms with van der Waals surface area (Å²) in [5.41, 5.74) is 0. The summed E-state index contributed by atoms with van der Waals surface area (Å²) in [4.78, 5) is 0. The van der Waals surface area contributed by atoms with Gasteiger partial charge in [-0.2, -0.15) is 13.2 Å². The second-order valence-corrected chi connectivity index (χ2v) is 9.00. The van der Waals surface area contributed by atoms with Crippen molar-refractivity contribution in [1.29, 1.82) is 0 Å².